The van der Waals surface area contributed by atoms with Gasteiger partial charge in [0.2, 0.25) is 0 Å². The zero-order valence-electron chi connectivity index (χ0n) is 24.0. The average molecular weight is 555 g/mol. The number of piperazine rings is 1. The summed E-state index contributed by atoms with van der Waals surface area (Å²) in [5.74, 6) is 1.57. The number of fused-ring (bicyclic) bond motifs is 3. The van der Waals surface area contributed by atoms with Crippen LogP contribution < -0.4 is 19.7 Å². The third-order valence-electron chi connectivity index (χ3n) is 8.31. The van der Waals surface area contributed by atoms with Gasteiger partial charge in [0, 0.05) is 61.3 Å². The number of para-hydroxylation sites is 3. The Morgan fingerprint density at radius 2 is 1.68 bits per heavy atom. The molecule has 214 valence electrons. The minimum Gasteiger partial charge on any atom is -0.496 e. The summed E-state index contributed by atoms with van der Waals surface area (Å²) in [6.45, 7) is 6.71. The summed E-state index contributed by atoms with van der Waals surface area (Å²) in [5.41, 5.74) is 6.72. The van der Waals surface area contributed by atoms with Crippen LogP contribution in [0.1, 0.15) is 35.3 Å². The number of benzene rings is 3. The number of H-pyrrole nitrogens is 1. The number of hydrogen-bond donors (Lipinski definition) is 2. The van der Waals surface area contributed by atoms with Crippen LogP contribution in [0.4, 0.5) is 5.69 Å². The highest BCUT2D eigenvalue weighted by atomic mass is 16.5. The molecule has 0 unspecified atom stereocenters. The number of ether oxygens (including phenoxy) is 3. The van der Waals surface area contributed by atoms with Gasteiger partial charge in [-0.15, -0.1) is 0 Å². The number of aromatic amines is 1. The molecule has 2 aliphatic heterocycles. The minimum absolute atomic E-state index is 0.174. The van der Waals surface area contributed by atoms with E-state index in [4.69, 9.17) is 14.2 Å². The van der Waals surface area contributed by atoms with Gasteiger partial charge in [-0.1, -0.05) is 36.4 Å². The molecule has 1 aromatic heterocycles. The van der Waals surface area contributed by atoms with Crippen LogP contribution in [0.5, 0.6) is 11.5 Å². The van der Waals surface area contributed by atoms with Crippen molar-refractivity contribution in [1.82, 2.24) is 15.2 Å². The van der Waals surface area contributed by atoms with Crippen molar-refractivity contribution < 1.29 is 19.0 Å². The fraction of sp³-hybridized carbons (Fsp3) is 0.364. The molecule has 3 aromatic carbocycles. The zero-order chi connectivity index (χ0) is 28.3. The molecule has 1 saturated heterocycles. The van der Waals surface area contributed by atoms with E-state index >= 15 is 0 Å². The summed E-state index contributed by atoms with van der Waals surface area (Å²) in [4.78, 5) is 21.4. The van der Waals surface area contributed by atoms with Crippen LogP contribution in [-0.2, 0) is 22.5 Å². The third-order valence-corrected chi connectivity index (χ3v) is 8.31. The lowest BCUT2D eigenvalue weighted by molar-refractivity contribution is -0.146. The van der Waals surface area contributed by atoms with Gasteiger partial charge in [-0.2, -0.15) is 0 Å². The number of nitrogens with one attached hydrogen (secondary N) is 2. The van der Waals surface area contributed by atoms with Gasteiger partial charge in [-0.25, -0.2) is 0 Å². The second-order valence-corrected chi connectivity index (χ2v) is 10.7. The van der Waals surface area contributed by atoms with Crippen molar-refractivity contribution in [3.05, 3.63) is 89.1 Å². The Bertz CT molecular complexity index is 1520. The van der Waals surface area contributed by atoms with Crippen molar-refractivity contribution in [3.8, 4) is 11.5 Å². The molecule has 8 nitrogen and oxygen atoms in total. The van der Waals surface area contributed by atoms with Crippen LogP contribution >= 0.6 is 0 Å². The molecule has 0 amide bonds. The molecule has 0 bridgehead atoms. The molecule has 2 atom stereocenters. The summed E-state index contributed by atoms with van der Waals surface area (Å²) in [6, 6.07) is 22.3. The Morgan fingerprint density at radius 1 is 0.927 bits per heavy atom. The summed E-state index contributed by atoms with van der Waals surface area (Å²) in [6.07, 6.45) is 0.591. The number of anilines is 1. The van der Waals surface area contributed by atoms with E-state index in [2.05, 4.69) is 56.5 Å². The first-order chi connectivity index (χ1) is 20.1. The number of aromatic nitrogens is 1. The maximum Gasteiger partial charge on any atom is 0.323 e. The van der Waals surface area contributed by atoms with E-state index < -0.39 is 6.04 Å². The number of carbonyl (C=O) groups excluding carboxylic acids is 1. The molecule has 4 aromatic rings. The maximum absolute atomic E-state index is 12.9. The highest BCUT2D eigenvalue weighted by Gasteiger charge is 2.35. The highest BCUT2D eigenvalue weighted by Crippen LogP contribution is 2.37. The van der Waals surface area contributed by atoms with Gasteiger partial charge in [0.25, 0.3) is 0 Å². The molecule has 3 heterocycles. The zero-order valence-corrected chi connectivity index (χ0v) is 24.0. The first-order valence-corrected chi connectivity index (χ1v) is 14.4. The molecule has 41 heavy (non-hydrogen) atoms. The number of hydrogen-bond acceptors (Lipinski definition) is 7. The monoisotopic (exact) mass is 554 g/mol. The van der Waals surface area contributed by atoms with Gasteiger partial charge < -0.3 is 24.1 Å². The molecule has 2 aliphatic rings. The van der Waals surface area contributed by atoms with E-state index in [0.29, 0.717) is 13.0 Å². The molecule has 0 spiro atoms. The Morgan fingerprint density at radius 3 is 2.46 bits per heavy atom. The van der Waals surface area contributed by atoms with Gasteiger partial charge in [0.15, 0.2) is 0 Å². The molecule has 6 rings (SSSR count). The second kappa shape index (κ2) is 11.8. The second-order valence-electron chi connectivity index (χ2n) is 10.7. The van der Waals surface area contributed by atoms with Crippen LogP contribution in [0.2, 0.25) is 0 Å². The maximum atomic E-state index is 12.9. The summed E-state index contributed by atoms with van der Waals surface area (Å²) < 4.78 is 16.8. The van der Waals surface area contributed by atoms with E-state index in [1.807, 2.05) is 37.3 Å². The Balaban J connectivity index is 1.26. The summed E-state index contributed by atoms with van der Waals surface area (Å²) >= 11 is 0. The predicted molar refractivity (Wildman–Crippen MR) is 161 cm³/mol. The van der Waals surface area contributed by atoms with Crippen LogP contribution in [0, 0.1) is 0 Å². The Hall–Kier alpha value is -4.01. The molecular formula is C33H38N4O4. The fourth-order valence-corrected chi connectivity index (χ4v) is 6.27. The van der Waals surface area contributed by atoms with Crippen LogP contribution in [-0.4, -0.2) is 68.9 Å². The minimum atomic E-state index is -0.416. The van der Waals surface area contributed by atoms with Crippen LogP contribution in [0.25, 0.3) is 10.9 Å². The van der Waals surface area contributed by atoms with Crippen molar-refractivity contribution in [3.63, 3.8) is 0 Å². The average Bonchev–Trinajstić information content (AvgIpc) is 3.40. The lowest BCUT2D eigenvalue weighted by Crippen LogP contribution is -2.46. The number of esters is 1. The molecule has 8 heteroatoms. The highest BCUT2D eigenvalue weighted by molar-refractivity contribution is 5.87. The van der Waals surface area contributed by atoms with Gasteiger partial charge in [0.1, 0.15) is 17.5 Å². The van der Waals surface area contributed by atoms with Gasteiger partial charge in [-0.3, -0.25) is 15.0 Å². The van der Waals surface area contributed by atoms with E-state index in [9.17, 15) is 4.79 Å². The molecule has 0 aliphatic carbocycles. The Kier molecular flexibility index (Phi) is 7.85. The van der Waals surface area contributed by atoms with Crippen LogP contribution in [0.3, 0.4) is 0 Å². The molecule has 1 fully saturated rings. The molecular weight excluding hydrogens is 516 g/mol. The first-order valence-electron chi connectivity index (χ1n) is 14.4. The van der Waals surface area contributed by atoms with Crippen molar-refractivity contribution in [2.75, 3.05) is 51.9 Å². The first kappa shape index (κ1) is 27.2. The smallest absolute Gasteiger partial charge is 0.323 e. The summed E-state index contributed by atoms with van der Waals surface area (Å²) in [7, 11) is 3.45. The number of rotatable bonds is 8. The van der Waals surface area contributed by atoms with Crippen LogP contribution in [0.15, 0.2) is 66.7 Å². The summed E-state index contributed by atoms with van der Waals surface area (Å²) in [5, 5.41) is 4.75. The quantitative estimate of drug-likeness (QED) is 0.307. The van der Waals surface area contributed by atoms with Gasteiger partial charge in [-0.05, 0) is 48.4 Å². The van der Waals surface area contributed by atoms with E-state index in [1.165, 1.54) is 5.56 Å². The largest absolute Gasteiger partial charge is 0.496 e. The predicted octanol–water partition coefficient (Wildman–Crippen LogP) is 4.67. The third kappa shape index (κ3) is 5.37. The van der Waals surface area contributed by atoms with E-state index in [1.54, 1.807) is 14.2 Å². The molecule has 0 radical (unpaired) electrons. The fourth-order valence-electron chi connectivity index (χ4n) is 6.27. The lowest BCUT2D eigenvalue weighted by Gasteiger charge is -2.37. The topological polar surface area (TPSA) is 79.1 Å². The van der Waals surface area contributed by atoms with Gasteiger partial charge >= 0.3 is 5.97 Å². The van der Waals surface area contributed by atoms with Crippen molar-refractivity contribution in [1.29, 1.82) is 0 Å². The molecule has 2 N–H and O–H groups in total. The number of nitrogens with zero attached hydrogens (tertiary/aromatic N) is 2. The van der Waals surface area contributed by atoms with E-state index in [-0.39, 0.29) is 12.0 Å². The van der Waals surface area contributed by atoms with Crippen molar-refractivity contribution in [2.45, 2.75) is 32.0 Å². The van der Waals surface area contributed by atoms with E-state index in [0.717, 1.165) is 77.6 Å². The standard InChI is InChI=1S/C33H38N4O4/c1-4-41-33(38)27-20-25-24-9-5-6-10-26(24)34-32(25)31(35-27)22-13-14-29(39-2)23(19-22)21-36-15-17-37(18-16-36)28-11-7-8-12-30(28)40-3/h5-14,19,27,31,34-35H,4,15-18,20-21H2,1-3H3/t27-,31-/m0/s1. The lowest BCUT2D eigenvalue weighted by atomic mass is 9.89. The normalized spacial score (nSPS) is 19.1. The number of methoxy groups -OCH3 is 2. The SMILES string of the molecule is CCOC(=O)[C@@H]1Cc2c([nH]c3ccccc23)[C@H](c2ccc(OC)c(CN3CCN(c4ccccc4OC)CC3)c2)N1. The van der Waals surface area contributed by atoms with Crippen molar-refractivity contribution >= 4 is 22.6 Å². The number of carbonyl (C=O) groups is 1. The van der Waals surface area contributed by atoms with Crippen molar-refractivity contribution in [2.24, 2.45) is 0 Å². The van der Waals surface area contributed by atoms with Gasteiger partial charge in [0.05, 0.1) is 32.6 Å². The Labute approximate surface area is 241 Å². The molecule has 0 saturated carbocycles.